The highest BCUT2D eigenvalue weighted by Crippen LogP contribution is 2.34. The Morgan fingerprint density at radius 2 is 1.95 bits per heavy atom. The van der Waals surface area contributed by atoms with Gasteiger partial charge in [0.25, 0.3) is 0 Å². The van der Waals surface area contributed by atoms with E-state index in [0.717, 1.165) is 12.1 Å². The molecule has 1 aliphatic rings. The van der Waals surface area contributed by atoms with Crippen LogP contribution in [0, 0.1) is 0 Å². The predicted molar refractivity (Wildman–Crippen MR) is 72.0 cm³/mol. The highest BCUT2D eigenvalue weighted by atomic mass is 19.4. The van der Waals surface area contributed by atoms with Crippen molar-refractivity contribution < 1.29 is 27.5 Å². The fraction of sp³-hybridized carbons (Fsp3) is 0.467. The molecule has 1 saturated heterocycles. The fourth-order valence-electron chi connectivity index (χ4n) is 2.63. The van der Waals surface area contributed by atoms with Gasteiger partial charge >= 0.3 is 12.1 Å². The highest BCUT2D eigenvalue weighted by Gasteiger charge is 2.35. The summed E-state index contributed by atoms with van der Waals surface area (Å²) in [4.78, 5) is 22.8. The minimum atomic E-state index is -4.38. The third kappa shape index (κ3) is 3.78. The average Bonchev–Trinajstić information content (AvgIpc) is 2.85. The Morgan fingerprint density at radius 3 is 2.50 bits per heavy atom. The van der Waals surface area contributed by atoms with Gasteiger partial charge in [0.05, 0.1) is 12.7 Å². The second kappa shape index (κ2) is 6.37. The molecule has 4 nitrogen and oxygen atoms in total. The van der Waals surface area contributed by atoms with Crippen LogP contribution in [0.4, 0.5) is 13.2 Å². The van der Waals surface area contributed by atoms with E-state index in [-0.39, 0.29) is 36.7 Å². The van der Waals surface area contributed by atoms with E-state index in [4.69, 9.17) is 0 Å². The molecule has 1 aliphatic heterocycles. The molecule has 120 valence electrons. The SMILES string of the molecule is COC(=O)CCC1NC(=O)CC1c1ccc(C(F)(F)F)cc1. The molecule has 1 N–H and O–H groups in total. The Balaban J connectivity index is 2.11. The van der Waals surface area contributed by atoms with Gasteiger partial charge in [-0.3, -0.25) is 9.59 Å². The van der Waals surface area contributed by atoms with E-state index in [1.165, 1.54) is 19.2 Å². The first-order valence-electron chi connectivity index (χ1n) is 6.84. The van der Waals surface area contributed by atoms with E-state index in [1.54, 1.807) is 0 Å². The number of nitrogens with one attached hydrogen (secondary N) is 1. The Bertz CT molecular complexity index is 554. The quantitative estimate of drug-likeness (QED) is 0.869. The standard InChI is InChI=1S/C15H16F3NO3/c1-22-14(21)7-6-12-11(8-13(20)19-12)9-2-4-10(5-3-9)15(16,17)18/h2-5,11-12H,6-8H2,1H3,(H,19,20). The van der Waals surface area contributed by atoms with Gasteiger partial charge in [-0.15, -0.1) is 0 Å². The first-order chi connectivity index (χ1) is 10.3. The van der Waals surface area contributed by atoms with Gasteiger partial charge in [0.1, 0.15) is 0 Å². The molecule has 0 spiro atoms. The van der Waals surface area contributed by atoms with Crippen LogP contribution < -0.4 is 5.32 Å². The molecule has 1 aromatic carbocycles. The first-order valence-corrected chi connectivity index (χ1v) is 6.84. The van der Waals surface area contributed by atoms with Gasteiger partial charge in [-0.1, -0.05) is 12.1 Å². The molecular formula is C15H16F3NO3. The molecule has 0 bridgehead atoms. The van der Waals surface area contributed by atoms with Gasteiger partial charge in [-0.25, -0.2) is 0 Å². The zero-order chi connectivity index (χ0) is 16.3. The Hall–Kier alpha value is -2.05. The van der Waals surface area contributed by atoms with E-state index in [0.29, 0.717) is 12.0 Å². The number of rotatable bonds is 4. The molecule has 0 aromatic heterocycles. The summed E-state index contributed by atoms with van der Waals surface area (Å²) in [6.45, 7) is 0. The van der Waals surface area contributed by atoms with Crippen molar-refractivity contribution >= 4 is 11.9 Å². The monoisotopic (exact) mass is 315 g/mol. The fourth-order valence-corrected chi connectivity index (χ4v) is 2.63. The summed E-state index contributed by atoms with van der Waals surface area (Å²) in [6, 6.07) is 4.52. The molecule has 0 radical (unpaired) electrons. The molecule has 22 heavy (non-hydrogen) atoms. The number of hydrogen-bond acceptors (Lipinski definition) is 3. The Kier molecular flexibility index (Phi) is 4.73. The second-order valence-corrected chi connectivity index (χ2v) is 5.22. The van der Waals surface area contributed by atoms with E-state index < -0.39 is 11.7 Å². The van der Waals surface area contributed by atoms with Crippen LogP contribution in [0.1, 0.15) is 36.3 Å². The Morgan fingerprint density at radius 1 is 1.32 bits per heavy atom. The largest absolute Gasteiger partial charge is 0.469 e. The third-order valence-electron chi connectivity index (χ3n) is 3.79. The maximum Gasteiger partial charge on any atom is 0.416 e. The number of methoxy groups -OCH3 is 1. The highest BCUT2D eigenvalue weighted by molar-refractivity contribution is 5.80. The molecule has 0 saturated carbocycles. The number of benzene rings is 1. The van der Waals surface area contributed by atoms with Crippen molar-refractivity contribution in [2.24, 2.45) is 0 Å². The van der Waals surface area contributed by atoms with Gasteiger partial charge in [-0.2, -0.15) is 13.2 Å². The molecule has 7 heteroatoms. The molecule has 1 heterocycles. The number of alkyl halides is 3. The topological polar surface area (TPSA) is 55.4 Å². The zero-order valence-electron chi connectivity index (χ0n) is 11.9. The molecule has 1 amide bonds. The summed E-state index contributed by atoms with van der Waals surface area (Å²) in [5.41, 5.74) is -0.0686. The smallest absolute Gasteiger partial charge is 0.416 e. The minimum Gasteiger partial charge on any atom is -0.469 e. The number of carbonyl (C=O) groups is 2. The average molecular weight is 315 g/mol. The van der Waals surface area contributed by atoms with Crippen LogP contribution >= 0.6 is 0 Å². The molecule has 2 atom stereocenters. The summed E-state index contributed by atoms with van der Waals surface area (Å²) in [7, 11) is 1.28. The molecule has 2 unspecified atom stereocenters. The molecule has 0 aliphatic carbocycles. The number of ether oxygens (including phenoxy) is 1. The second-order valence-electron chi connectivity index (χ2n) is 5.22. The van der Waals surface area contributed by atoms with Gasteiger partial charge < -0.3 is 10.1 Å². The van der Waals surface area contributed by atoms with E-state index >= 15 is 0 Å². The lowest BCUT2D eigenvalue weighted by atomic mass is 9.89. The van der Waals surface area contributed by atoms with Crippen LogP contribution in [0.25, 0.3) is 0 Å². The van der Waals surface area contributed by atoms with Crippen molar-refractivity contribution in [3.63, 3.8) is 0 Å². The number of carbonyl (C=O) groups excluding carboxylic acids is 2. The van der Waals surface area contributed by atoms with Crippen LogP contribution in [-0.4, -0.2) is 25.0 Å². The van der Waals surface area contributed by atoms with Crippen molar-refractivity contribution in [2.75, 3.05) is 7.11 Å². The normalized spacial score (nSPS) is 21.5. The third-order valence-corrected chi connectivity index (χ3v) is 3.79. The van der Waals surface area contributed by atoms with Gasteiger partial charge in [0.15, 0.2) is 0 Å². The lowest BCUT2D eigenvalue weighted by molar-refractivity contribution is -0.141. The molecule has 1 fully saturated rings. The van der Waals surface area contributed by atoms with Gasteiger partial charge in [0.2, 0.25) is 5.91 Å². The maximum atomic E-state index is 12.6. The molecule has 1 aromatic rings. The summed E-state index contributed by atoms with van der Waals surface area (Å²) in [6.07, 6.45) is -3.63. The first kappa shape index (κ1) is 16.3. The summed E-state index contributed by atoms with van der Waals surface area (Å²) in [5, 5.41) is 2.76. The van der Waals surface area contributed by atoms with Crippen molar-refractivity contribution in [3.05, 3.63) is 35.4 Å². The van der Waals surface area contributed by atoms with Crippen molar-refractivity contribution in [1.82, 2.24) is 5.32 Å². The minimum absolute atomic E-state index is 0.151. The van der Waals surface area contributed by atoms with Crippen molar-refractivity contribution in [3.8, 4) is 0 Å². The van der Waals surface area contributed by atoms with Gasteiger partial charge in [-0.05, 0) is 24.1 Å². The molecule has 2 rings (SSSR count). The van der Waals surface area contributed by atoms with Crippen LogP contribution in [0.3, 0.4) is 0 Å². The molecular weight excluding hydrogens is 299 g/mol. The van der Waals surface area contributed by atoms with Crippen LogP contribution in [-0.2, 0) is 20.5 Å². The van der Waals surface area contributed by atoms with E-state index in [9.17, 15) is 22.8 Å². The summed E-state index contributed by atoms with van der Waals surface area (Å²) in [5.74, 6) is -0.786. The van der Waals surface area contributed by atoms with E-state index in [2.05, 4.69) is 10.1 Å². The predicted octanol–water partition coefficient (Wildman–Crippen LogP) is 2.63. The van der Waals surface area contributed by atoms with Crippen molar-refractivity contribution in [2.45, 2.75) is 37.4 Å². The number of hydrogen-bond donors (Lipinski definition) is 1. The number of amides is 1. The Labute approximate surface area is 125 Å². The van der Waals surface area contributed by atoms with Crippen LogP contribution in [0.15, 0.2) is 24.3 Å². The summed E-state index contributed by atoms with van der Waals surface area (Å²) < 4.78 is 42.3. The van der Waals surface area contributed by atoms with Crippen LogP contribution in [0.2, 0.25) is 0 Å². The van der Waals surface area contributed by atoms with Gasteiger partial charge in [0, 0.05) is 24.8 Å². The maximum absolute atomic E-state index is 12.6. The zero-order valence-corrected chi connectivity index (χ0v) is 11.9. The van der Waals surface area contributed by atoms with Crippen LogP contribution in [0.5, 0.6) is 0 Å². The van der Waals surface area contributed by atoms with Crippen molar-refractivity contribution in [1.29, 1.82) is 0 Å². The van der Waals surface area contributed by atoms with E-state index in [1.807, 2.05) is 0 Å². The lowest BCUT2D eigenvalue weighted by Crippen LogP contribution is -2.29. The number of halogens is 3. The summed E-state index contributed by atoms with van der Waals surface area (Å²) >= 11 is 0. The lowest BCUT2D eigenvalue weighted by Gasteiger charge is -2.19. The number of esters is 1.